The first-order chi connectivity index (χ1) is 12.0. The topological polar surface area (TPSA) is 103 Å². The summed E-state index contributed by atoms with van der Waals surface area (Å²) in [5.74, 6) is 0.206. The summed E-state index contributed by atoms with van der Waals surface area (Å²) < 4.78 is 1.45. The van der Waals surface area contributed by atoms with Gasteiger partial charge in [-0.2, -0.15) is 0 Å². The Bertz CT molecular complexity index is 801. The lowest BCUT2D eigenvalue weighted by Gasteiger charge is -2.29. The number of amides is 1. The molecule has 0 radical (unpaired) electrons. The largest absolute Gasteiger partial charge is 0.348 e. The van der Waals surface area contributed by atoms with Crippen LogP contribution in [0.2, 0.25) is 0 Å². The number of rotatable bonds is 4. The fourth-order valence-corrected chi connectivity index (χ4v) is 3.29. The fourth-order valence-electron chi connectivity index (χ4n) is 3.29. The third kappa shape index (κ3) is 3.52. The van der Waals surface area contributed by atoms with Gasteiger partial charge in [0.25, 0.3) is 11.6 Å². The first-order valence-electron chi connectivity index (χ1n) is 8.45. The normalized spacial score (nSPS) is 20.2. The van der Waals surface area contributed by atoms with Crippen molar-refractivity contribution in [3.63, 3.8) is 0 Å². The highest BCUT2D eigenvalue weighted by Gasteiger charge is 2.26. The van der Waals surface area contributed by atoms with Crippen LogP contribution in [-0.2, 0) is 0 Å². The predicted octanol–water partition coefficient (Wildman–Crippen LogP) is 2.79. The van der Waals surface area contributed by atoms with Crippen LogP contribution in [0.1, 0.15) is 48.8 Å². The number of hydrogen-bond donors (Lipinski definition) is 1. The van der Waals surface area contributed by atoms with E-state index in [0.717, 1.165) is 19.3 Å². The molecule has 25 heavy (non-hydrogen) atoms. The molecule has 1 N–H and O–H groups in total. The van der Waals surface area contributed by atoms with Gasteiger partial charge >= 0.3 is 0 Å². The van der Waals surface area contributed by atoms with Crippen molar-refractivity contribution in [1.29, 1.82) is 0 Å². The van der Waals surface area contributed by atoms with Crippen molar-refractivity contribution in [1.82, 2.24) is 20.3 Å². The number of non-ortho nitro benzene ring substituents is 1. The molecule has 0 aliphatic heterocycles. The highest BCUT2D eigenvalue weighted by atomic mass is 16.6. The molecule has 0 saturated heterocycles. The molecule has 0 bridgehead atoms. The minimum absolute atomic E-state index is 0.0329. The number of hydrogen-bond acceptors (Lipinski definition) is 5. The lowest BCUT2D eigenvalue weighted by molar-refractivity contribution is -0.384. The second kappa shape index (κ2) is 7.00. The average Bonchev–Trinajstić information content (AvgIpc) is 2.98. The van der Waals surface area contributed by atoms with Gasteiger partial charge in [0.05, 0.1) is 16.3 Å². The van der Waals surface area contributed by atoms with Gasteiger partial charge < -0.3 is 5.32 Å². The van der Waals surface area contributed by atoms with E-state index in [0.29, 0.717) is 17.3 Å². The Labute approximate surface area is 145 Å². The Hall–Kier alpha value is -2.77. The van der Waals surface area contributed by atoms with Crippen LogP contribution in [0.4, 0.5) is 5.69 Å². The second-order valence-corrected chi connectivity index (χ2v) is 6.55. The summed E-state index contributed by atoms with van der Waals surface area (Å²) in [4.78, 5) is 23.0. The van der Waals surface area contributed by atoms with Gasteiger partial charge in [0.1, 0.15) is 0 Å². The molecule has 1 saturated carbocycles. The maximum absolute atomic E-state index is 12.6. The summed E-state index contributed by atoms with van der Waals surface area (Å²) in [6.45, 7) is 3.88. The van der Waals surface area contributed by atoms with Gasteiger partial charge in [-0.1, -0.05) is 31.0 Å². The molecule has 1 aromatic carbocycles. The van der Waals surface area contributed by atoms with Crippen molar-refractivity contribution in [3.8, 4) is 5.69 Å². The van der Waals surface area contributed by atoms with Crippen LogP contribution in [0.15, 0.2) is 24.3 Å². The van der Waals surface area contributed by atoms with Gasteiger partial charge in [-0.05, 0) is 31.7 Å². The summed E-state index contributed by atoms with van der Waals surface area (Å²) in [5.41, 5.74) is 1.28. The molecular formula is C17H21N5O3. The van der Waals surface area contributed by atoms with Gasteiger partial charge in [-0.25, -0.2) is 4.68 Å². The molecule has 132 valence electrons. The third-order valence-corrected chi connectivity index (χ3v) is 4.82. The van der Waals surface area contributed by atoms with E-state index in [9.17, 15) is 14.9 Å². The smallest absolute Gasteiger partial charge is 0.273 e. The molecule has 1 heterocycles. The van der Waals surface area contributed by atoms with Gasteiger partial charge in [0.15, 0.2) is 5.69 Å². The van der Waals surface area contributed by atoms with E-state index in [2.05, 4.69) is 22.6 Å². The quantitative estimate of drug-likeness (QED) is 0.679. The molecule has 0 spiro atoms. The molecule has 1 aromatic heterocycles. The monoisotopic (exact) mass is 343 g/mol. The molecule has 1 amide bonds. The standard InChI is InChI=1S/C17H21N5O3/c1-11-6-3-4-9-15(11)18-17(23)16-12(2)21(20-19-16)13-7-5-8-14(10-13)22(24)25/h5,7-8,10-11,15H,3-4,6,9H2,1-2H3,(H,18,23). The molecule has 1 aliphatic rings. The minimum Gasteiger partial charge on any atom is -0.348 e. The van der Waals surface area contributed by atoms with Gasteiger partial charge in [-0.15, -0.1) is 5.10 Å². The van der Waals surface area contributed by atoms with Crippen LogP contribution in [0, 0.1) is 23.0 Å². The molecular weight excluding hydrogens is 322 g/mol. The number of carbonyl (C=O) groups is 1. The zero-order valence-corrected chi connectivity index (χ0v) is 14.3. The highest BCUT2D eigenvalue weighted by Crippen LogP contribution is 2.24. The van der Waals surface area contributed by atoms with Gasteiger partial charge in [0, 0.05) is 18.2 Å². The Morgan fingerprint density at radius 3 is 2.84 bits per heavy atom. The van der Waals surface area contributed by atoms with Crippen LogP contribution >= 0.6 is 0 Å². The van der Waals surface area contributed by atoms with Crippen LogP contribution in [0.5, 0.6) is 0 Å². The number of aromatic nitrogens is 3. The molecule has 1 fully saturated rings. The fraction of sp³-hybridized carbons (Fsp3) is 0.471. The Balaban J connectivity index is 1.82. The van der Waals surface area contributed by atoms with E-state index in [1.54, 1.807) is 19.1 Å². The second-order valence-electron chi connectivity index (χ2n) is 6.55. The summed E-state index contributed by atoms with van der Waals surface area (Å²) in [5, 5.41) is 22.0. The SMILES string of the molecule is Cc1c(C(=O)NC2CCCCC2C)nnn1-c1cccc([N+](=O)[O-])c1. The van der Waals surface area contributed by atoms with Gasteiger partial charge in [0.2, 0.25) is 0 Å². The van der Waals surface area contributed by atoms with Crippen LogP contribution in [-0.4, -0.2) is 31.9 Å². The number of nitro groups is 1. The molecule has 2 unspecified atom stereocenters. The molecule has 2 atom stereocenters. The van der Waals surface area contributed by atoms with Crippen molar-refractivity contribution in [2.24, 2.45) is 5.92 Å². The number of nitrogens with one attached hydrogen (secondary N) is 1. The molecule has 8 heteroatoms. The molecule has 3 rings (SSSR count). The number of benzene rings is 1. The summed E-state index contributed by atoms with van der Waals surface area (Å²) in [6, 6.07) is 6.25. The van der Waals surface area contributed by atoms with E-state index in [1.165, 1.54) is 23.2 Å². The lowest BCUT2D eigenvalue weighted by Crippen LogP contribution is -2.41. The van der Waals surface area contributed by atoms with E-state index in [-0.39, 0.29) is 23.3 Å². The minimum atomic E-state index is -0.464. The van der Waals surface area contributed by atoms with Crippen LogP contribution < -0.4 is 5.32 Å². The van der Waals surface area contributed by atoms with Gasteiger partial charge in [-0.3, -0.25) is 14.9 Å². The molecule has 8 nitrogen and oxygen atoms in total. The third-order valence-electron chi connectivity index (χ3n) is 4.82. The Kier molecular flexibility index (Phi) is 4.78. The van der Waals surface area contributed by atoms with Crippen molar-refractivity contribution in [2.75, 3.05) is 0 Å². The lowest BCUT2D eigenvalue weighted by atomic mass is 9.86. The summed E-state index contributed by atoms with van der Waals surface area (Å²) >= 11 is 0. The van der Waals surface area contributed by atoms with Crippen LogP contribution in [0.3, 0.4) is 0 Å². The van der Waals surface area contributed by atoms with E-state index >= 15 is 0 Å². The van der Waals surface area contributed by atoms with Crippen molar-refractivity contribution < 1.29 is 9.72 Å². The summed E-state index contributed by atoms with van der Waals surface area (Å²) in [6.07, 6.45) is 4.42. The van der Waals surface area contributed by atoms with Crippen molar-refractivity contribution >= 4 is 11.6 Å². The van der Waals surface area contributed by atoms with Crippen molar-refractivity contribution in [3.05, 3.63) is 45.8 Å². The number of nitro benzene ring substituents is 1. The number of nitrogens with zero attached hydrogens (tertiary/aromatic N) is 4. The zero-order valence-electron chi connectivity index (χ0n) is 14.3. The summed E-state index contributed by atoms with van der Waals surface area (Å²) in [7, 11) is 0. The van der Waals surface area contributed by atoms with E-state index < -0.39 is 4.92 Å². The molecule has 1 aliphatic carbocycles. The Morgan fingerprint density at radius 2 is 2.12 bits per heavy atom. The zero-order chi connectivity index (χ0) is 18.0. The van der Waals surface area contributed by atoms with Crippen molar-refractivity contribution in [2.45, 2.75) is 45.6 Å². The molecule has 2 aromatic rings. The maximum atomic E-state index is 12.6. The van der Waals surface area contributed by atoms with E-state index in [1.807, 2.05) is 0 Å². The average molecular weight is 343 g/mol. The van der Waals surface area contributed by atoms with Crippen LogP contribution in [0.25, 0.3) is 5.69 Å². The highest BCUT2D eigenvalue weighted by molar-refractivity contribution is 5.93. The first kappa shape index (κ1) is 17.1. The van der Waals surface area contributed by atoms with E-state index in [4.69, 9.17) is 0 Å². The predicted molar refractivity (Wildman–Crippen MR) is 91.6 cm³/mol. The Morgan fingerprint density at radius 1 is 1.36 bits per heavy atom. The maximum Gasteiger partial charge on any atom is 0.273 e. The first-order valence-corrected chi connectivity index (χ1v) is 8.45. The number of carbonyl (C=O) groups excluding carboxylic acids is 1.